The molecular formula is C18H24N2O. The van der Waals surface area contributed by atoms with Crippen molar-refractivity contribution in [1.82, 2.24) is 10.3 Å². The van der Waals surface area contributed by atoms with Gasteiger partial charge in [0.25, 0.3) is 0 Å². The van der Waals surface area contributed by atoms with Crippen molar-refractivity contribution in [3.8, 4) is 5.75 Å². The number of nitrogens with zero attached hydrogens (tertiary/aromatic N) is 1. The van der Waals surface area contributed by atoms with Crippen molar-refractivity contribution < 1.29 is 4.74 Å². The number of rotatable bonds is 3. The Morgan fingerprint density at radius 1 is 1.24 bits per heavy atom. The van der Waals surface area contributed by atoms with Gasteiger partial charge < -0.3 is 10.1 Å². The van der Waals surface area contributed by atoms with Crippen LogP contribution in [-0.2, 0) is 0 Å². The van der Waals surface area contributed by atoms with Gasteiger partial charge in [0.15, 0.2) is 0 Å². The highest BCUT2D eigenvalue weighted by Gasteiger charge is 2.39. The number of benzene rings is 1. The third-order valence-electron chi connectivity index (χ3n) is 4.72. The molecule has 2 unspecified atom stereocenters. The van der Waals surface area contributed by atoms with Crippen LogP contribution in [0.3, 0.4) is 0 Å². The lowest BCUT2D eigenvalue weighted by Gasteiger charge is -2.43. The van der Waals surface area contributed by atoms with Gasteiger partial charge in [-0.15, -0.1) is 0 Å². The zero-order chi connectivity index (χ0) is 14.9. The lowest BCUT2D eigenvalue weighted by Crippen LogP contribution is -2.53. The first-order valence-corrected chi connectivity index (χ1v) is 7.79. The molecule has 1 fully saturated rings. The van der Waals surface area contributed by atoms with E-state index in [0.29, 0.717) is 6.04 Å². The number of nitrogens with one attached hydrogen (secondary N) is 1. The highest BCUT2D eigenvalue weighted by Crippen LogP contribution is 2.38. The largest absolute Gasteiger partial charge is 0.488 e. The molecule has 0 radical (unpaired) electrons. The van der Waals surface area contributed by atoms with Crippen LogP contribution in [0.5, 0.6) is 5.75 Å². The topological polar surface area (TPSA) is 34.1 Å². The van der Waals surface area contributed by atoms with Gasteiger partial charge in [-0.2, -0.15) is 0 Å². The quantitative estimate of drug-likeness (QED) is 0.931. The number of likely N-dealkylation sites (N-methyl/N-ethyl adjacent to an activating group) is 1. The molecule has 3 heteroatoms. The van der Waals surface area contributed by atoms with Gasteiger partial charge >= 0.3 is 0 Å². The van der Waals surface area contributed by atoms with E-state index in [1.54, 1.807) is 0 Å². The second kappa shape index (κ2) is 5.64. The first-order chi connectivity index (χ1) is 10.1. The molecular weight excluding hydrogens is 260 g/mol. The summed E-state index contributed by atoms with van der Waals surface area (Å²) in [5, 5.41) is 4.57. The summed E-state index contributed by atoms with van der Waals surface area (Å²) < 4.78 is 6.41. The molecule has 0 saturated heterocycles. The van der Waals surface area contributed by atoms with Crippen LogP contribution in [0.25, 0.3) is 10.9 Å². The molecule has 3 nitrogen and oxygen atoms in total. The van der Waals surface area contributed by atoms with Crippen molar-refractivity contribution in [3.63, 3.8) is 0 Å². The number of pyridine rings is 1. The summed E-state index contributed by atoms with van der Waals surface area (Å²) in [6.07, 6.45) is 5.61. The zero-order valence-electron chi connectivity index (χ0n) is 13.1. The maximum Gasteiger partial charge on any atom is 0.129 e. The molecule has 1 saturated carbocycles. The molecule has 1 aliphatic carbocycles. The first-order valence-electron chi connectivity index (χ1n) is 7.79. The van der Waals surface area contributed by atoms with Crippen LogP contribution in [0, 0.1) is 5.41 Å². The third-order valence-corrected chi connectivity index (χ3v) is 4.72. The van der Waals surface area contributed by atoms with Crippen molar-refractivity contribution in [2.75, 3.05) is 7.05 Å². The summed E-state index contributed by atoms with van der Waals surface area (Å²) in [5.74, 6) is 0.948. The van der Waals surface area contributed by atoms with Gasteiger partial charge in [-0.1, -0.05) is 19.9 Å². The smallest absolute Gasteiger partial charge is 0.129 e. The van der Waals surface area contributed by atoms with Crippen molar-refractivity contribution >= 4 is 10.9 Å². The fourth-order valence-electron chi connectivity index (χ4n) is 3.63. The zero-order valence-corrected chi connectivity index (χ0v) is 13.1. The summed E-state index contributed by atoms with van der Waals surface area (Å²) in [4.78, 5) is 4.41. The molecule has 1 N–H and O–H groups in total. The van der Waals surface area contributed by atoms with E-state index < -0.39 is 0 Å². The van der Waals surface area contributed by atoms with Crippen molar-refractivity contribution in [3.05, 3.63) is 36.5 Å². The molecule has 2 atom stereocenters. The first kappa shape index (κ1) is 14.3. The van der Waals surface area contributed by atoms with E-state index in [1.807, 2.05) is 31.4 Å². The summed E-state index contributed by atoms with van der Waals surface area (Å²) in [6, 6.07) is 10.5. The van der Waals surface area contributed by atoms with Crippen LogP contribution in [0.2, 0.25) is 0 Å². The normalized spacial score (nSPS) is 24.9. The second-order valence-electron chi connectivity index (χ2n) is 6.63. The maximum absolute atomic E-state index is 6.41. The Morgan fingerprint density at radius 2 is 2.10 bits per heavy atom. The molecule has 21 heavy (non-hydrogen) atoms. The average molecular weight is 284 g/mol. The lowest BCUT2D eigenvalue weighted by atomic mass is 9.72. The molecule has 1 aliphatic rings. The number of aromatic nitrogens is 1. The predicted molar refractivity (Wildman–Crippen MR) is 86.6 cm³/mol. The fraction of sp³-hybridized carbons (Fsp3) is 0.500. The summed E-state index contributed by atoms with van der Waals surface area (Å²) in [5.41, 5.74) is 1.26. The minimum atomic E-state index is 0.213. The number of fused-ring (bicyclic) bond motifs is 1. The maximum atomic E-state index is 6.41. The van der Waals surface area contributed by atoms with Crippen molar-refractivity contribution in [2.45, 2.75) is 45.3 Å². The van der Waals surface area contributed by atoms with Crippen LogP contribution in [0.1, 0.15) is 33.1 Å². The highest BCUT2D eigenvalue weighted by molar-refractivity contribution is 5.84. The number of hydrogen-bond acceptors (Lipinski definition) is 3. The minimum Gasteiger partial charge on any atom is -0.488 e. The van der Waals surface area contributed by atoms with E-state index >= 15 is 0 Å². The van der Waals surface area contributed by atoms with Crippen LogP contribution in [-0.4, -0.2) is 24.2 Å². The van der Waals surface area contributed by atoms with E-state index in [4.69, 9.17) is 4.74 Å². The molecule has 1 heterocycles. The van der Waals surface area contributed by atoms with Crippen LogP contribution >= 0.6 is 0 Å². The van der Waals surface area contributed by atoms with Gasteiger partial charge in [0.05, 0.1) is 5.52 Å². The van der Waals surface area contributed by atoms with Gasteiger partial charge in [-0.25, -0.2) is 0 Å². The molecule has 3 rings (SSSR count). The molecule has 0 bridgehead atoms. The predicted octanol–water partition coefficient (Wildman–Crippen LogP) is 3.78. The van der Waals surface area contributed by atoms with Gasteiger partial charge in [-0.3, -0.25) is 4.98 Å². The summed E-state index contributed by atoms with van der Waals surface area (Å²) in [7, 11) is 2.04. The van der Waals surface area contributed by atoms with Crippen LogP contribution in [0.15, 0.2) is 36.5 Å². The second-order valence-corrected chi connectivity index (χ2v) is 6.63. The Labute approximate surface area is 126 Å². The van der Waals surface area contributed by atoms with E-state index in [-0.39, 0.29) is 11.5 Å². The van der Waals surface area contributed by atoms with E-state index in [2.05, 4.69) is 36.3 Å². The Hall–Kier alpha value is -1.61. The molecule has 0 aliphatic heterocycles. The van der Waals surface area contributed by atoms with Gasteiger partial charge in [-0.05, 0) is 56.0 Å². The Morgan fingerprint density at radius 3 is 2.90 bits per heavy atom. The average Bonchev–Trinajstić information content (AvgIpc) is 2.47. The lowest BCUT2D eigenvalue weighted by molar-refractivity contribution is 0.0413. The molecule has 2 aromatic rings. The SMILES string of the molecule is CNC1C(Oc2cccc3ncccc23)CCCC1(C)C. The molecule has 112 valence electrons. The summed E-state index contributed by atoms with van der Waals surface area (Å²) >= 11 is 0. The van der Waals surface area contributed by atoms with Gasteiger partial charge in [0, 0.05) is 17.6 Å². The number of hydrogen-bond donors (Lipinski definition) is 1. The highest BCUT2D eigenvalue weighted by atomic mass is 16.5. The summed E-state index contributed by atoms with van der Waals surface area (Å²) in [6.45, 7) is 4.66. The standard InChI is InChI=1S/C18H24N2O/c1-18(2)11-5-10-16(17(18)19-3)21-15-9-4-8-14-13(15)7-6-12-20-14/h4,6-9,12,16-17,19H,5,10-11H2,1-3H3. The Balaban J connectivity index is 1.91. The molecule has 1 aromatic heterocycles. The Bertz CT molecular complexity index is 618. The van der Waals surface area contributed by atoms with Crippen LogP contribution in [0.4, 0.5) is 0 Å². The van der Waals surface area contributed by atoms with E-state index in [0.717, 1.165) is 23.1 Å². The number of ether oxygens (including phenoxy) is 1. The van der Waals surface area contributed by atoms with E-state index in [9.17, 15) is 0 Å². The van der Waals surface area contributed by atoms with Crippen molar-refractivity contribution in [1.29, 1.82) is 0 Å². The minimum absolute atomic E-state index is 0.213. The fourth-order valence-corrected chi connectivity index (χ4v) is 3.63. The Kier molecular flexibility index (Phi) is 3.85. The third kappa shape index (κ3) is 2.75. The van der Waals surface area contributed by atoms with Crippen LogP contribution < -0.4 is 10.1 Å². The molecule has 0 spiro atoms. The monoisotopic (exact) mass is 284 g/mol. The van der Waals surface area contributed by atoms with Gasteiger partial charge in [0.2, 0.25) is 0 Å². The van der Waals surface area contributed by atoms with Gasteiger partial charge in [0.1, 0.15) is 11.9 Å². The molecule has 0 amide bonds. The van der Waals surface area contributed by atoms with E-state index in [1.165, 1.54) is 12.8 Å². The van der Waals surface area contributed by atoms with Crippen molar-refractivity contribution in [2.24, 2.45) is 5.41 Å². The molecule has 1 aromatic carbocycles.